The van der Waals surface area contributed by atoms with E-state index in [1.54, 1.807) is 36.0 Å². The van der Waals surface area contributed by atoms with Gasteiger partial charge in [0.1, 0.15) is 5.75 Å². The topological polar surface area (TPSA) is 81.4 Å². The smallest absolute Gasteiger partial charge is 0.264 e. The van der Waals surface area contributed by atoms with Gasteiger partial charge in [-0.3, -0.25) is 8.86 Å². The molecule has 0 bridgehead atoms. The van der Waals surface area contributed by atoms with Crippen molar-refractivity contribution in [2.24, 2.45) is 0 Å². The van der Waals surface area contributed by atoms with Crippen molar-refractivity contribution in [1.29, 1.82) is 0 Å². The fourth-order valence-corrected chi connectivity index (χ4v) is 2.43. The molecule has 1 atom stereocenters. The van der Waals surface area contributed by atoms with Crippen LogP contribution in [0.5, 0.6) is 5.75 Å². The second-order valence-electron chi connectivity index (χ2n) is 4.18. The molecule has 7 heteroatoms. The number of hydrogen-bond acceptors (Lipinski definition) is 5. The number of aromatic nitrogens is 2. The van der Waals surface area contributed by atoms with Crippen molar-refractivity contribution in [2.45, 2.75) is 19.6 Å². The van der Waals surface area contributed by atoms with Crippen molar-refractivity contribution in [1.82, 2.24) is 9.78 Å². The average molecular weight is 270 g/mol. The van der Waals surface area contributed by atoms with Gasteiger partial charge in [0, 0.05) is 11.5 Å². The standard InChI is InChI=1S/C11H14N2O4S/c1-8(17-18(2,15)16)7-13-11-5-10(14)4-3-9(11)6-12-13/h3-6,8,14H,7H2,1-2H3/t8-/m0/s1. The van der Waals surface area contributed by atoms with E-state index in [4.69, 9.17) is 4.18 Å². The molecule has 1 aromatic heterocycles. The minimum Gasteiger partial charge on any atom is -0.508 e. The molecule has 0 radical (unpaired) electrons. The molecule has 0 aliphatic rings. The maximum Gasteiger partial charge on any atom is 0.264 e. The van der Waals surface area contributed by atoms with Crippen molar-refractivity contribution < 1.29 is 17.7 Å². The van der Waals surface area contributed by atoms with Crippen molar-refractivity contribution in [3.05, 3.63) is 24.4 Å². The second-order valence-corrected chi connectivity index (χ2v) is 5.78. The number of phenolic OH excluding ortho intramolecular Hbond substituents is 1. The first-order valence-corrected chi connectivity index (χ1v) is 7.19. The van der Waals surface area contributed by atoms with E-state index < -0.39 is 16.2 Å². The minimum absolute atomic E-state index is 0.140. The average Bonchev–Trinajstić information content (AvgIpc) is 2.58. The molecule has 2 aromatic rings. The van der Waals surface area contributed by atoms with E-state index in [0.717, 1.165) is 17.2 Å². The van der Waals surface area contributed by atoms with E-state index in [1.807, 2.05) is 0 Å². The predicted octanol–water partition coefficient (Wildman–Crippen LogP) is 1.11. The Hall–Kier alpha value is -1.60. The molecule has 0 saturated heterocycles. The van der Waals surface area contributed by atoms with Gasteiger partial charge in [-0.1, -0.05) is 0 Å². The fraction of sp³-hybridized carbons (Fsp3) is 0.364. The molecule has 0 aliphatic carbocycles. The van der Waals surface area contributed by atoms with Crippen LogP contribution in [0.25, 0.3) is 10.9 Å². The summed E-state index contributed by atoms with van der Waals surface area (Å²) in [4.78, 5) is 0. The minimum atomic E-state index is -3.48. The van der Waals surface area contributed by atoms with Crippen LogP contribution in [0.4, 0.5) is 0 Å². The van der Waals surface area contributed by atoms with Crippen LogP contribution >= 0.6 is 0 Å². The summed E-state index contributed by atoms with van der Waals surface area (Å²) in [6.07, 6.45) is 2.14. The summed E-state index contributed by atoms with van der Waals surface area (Å²) in [7, 11) is -3.48. The molecule has 18 heavy (non-hydrogen) atoms. The number of benzene rings is 1. The van der Waals surface area contributed by atoms with Gasteiger partial charge in [0.05, 0.1) is 30.6 Å². The third-order valence-electron chi connectivity index (χ3n) is 2.40. The van der Waals surface area contributed by atoms with Gasteiger partial charge in [0.15, 0.2) is 0 Å². The van der Waals surface area contributed by atoms with Crippen LogP contribution in [0.15, 0.2) is 24.4 Å². The van der Waals surface area contributed by atoms with Crippen LogP contribution < -0.4 is 0 Å². The molecule has 0 aliphatic heterocycles. The number of nitrogens with zero attached hydrogens (tertiary/aromatic N) is 2. The van der Waals surface area contributed by atoms with Crippen LogP contribution in [0, 0.1) is 0 Å². The lowest BCUT2D eigenvalue weighted by Crippen LogP contribution is -2.20. The maximum absolute atomic E-state index is 11.0. The van der Waals surface area contributed by atoms with Gasteiger partial charge in [0.2, 0.25) is 0 Å². The molecular weight excluding hydrogens is 256 g/mol. The summed E-state index contributed by atoms with van der Waals surface area (Å²) in [5.41, 5.74) is 0.735. The Bertz CT molecular complexity index is 663. The lowest BCUT2D eigenvalue weighted by Gasteiger charge is -2.11. The Balaban J connectivity index is 2.24. The molecule has 98 valence electrons. The second kappa shape index (κ2) is 4.58. The monoisotopic (exact) mass is 270 g/mol. The summed E-state index contributed by atoms with van der Waals surface area (Å²) in [6.45, 7) is 1.94. The molecule has 0 amide bonds. The molecule has 0 spiro atoms. The quantitative estimate of drug-likeness (QED) is 0.841. The molecule has 1 aromatic carbocycles. The van der Waals surface area contributed by atoms with E-state index >= 15 is 0 Å². The highest BCUT2D eigenvalue weighted by Gasteiger charge is 2.13. The number of aromatic hydroxyl groups is 1. The maximum atomic E-state index is 11.0. The Labute approximate surface area is 105 Å². The van der Waals surface area contributed by atoms with Crippen molar-refractivity contribution in [2.75, 3.05) is 6.26 Å². The molecule has 2 rings (SSSR count). The van der Waals surface area contributed by atoms with E-state index in [2.05, 4.69) is 5.10 Å². The fourth-order valence-electron chi connectivity index (χ4n) is 1.78. The lowest BCUT2D eigenvalue weighted by molar-refractivity contribution is 0.205. The Morgan fingerprint density at radius 1 is 1.50 bits per heavy atom. The summed E-state index contributed by atoms with van der Waals surface area (Å²) in [5, 5.41) is 14.4. The van der Waals surface area contributed by atoms with E-state index in [1.165, 1.54) is 0 Å². The lowest BCUT2D eigenvalue weighted by atomic mass is 10.2. The predicted molar refractivity (Wildman–Crippen MR) is 66.8 cm³/mol. The van der Waals surface area contributed by atoms with Crippen molar-refractivity contribution in [3.63, 3.8) is 0 Å². The highest BCUT2D eigenvalue weighted by atomic mass is 32.2. The van der Waals surface area contributed by atoms with E-state index in [9.17, 15) is 13.5 Å². The third-order valence-corrected chi connectivity index (χ3v) is 3.08. The molecule has 0 unspecified atom stereocenters. The summed E-state index contributed by atoms with van der Waals surface area (Å²) < 4.78 is 28.4. The van der Waals surface area contributed by atoms with Crippen LogP contribution in [-0.2, 0) is 20.8 Å². The van der Waals surface area contributed by atoms with Crippen molar-refractivity contribution in [3.8, 4) is 5.75 Å². The summed E-state index contributed by atoms with van der Waals surface area (Å²) >= 11 is 0. The molecule has 1 N–H and O–H groups in total. The zero-order chi connectivity index (χ0) is 13.3. The van der Waals surface area contributed by atoms with Crippen molar-refractivity contribution >= 4 is 21.0 Å². The number of hydrogen-bond donors (Lipinski definition) is 1. The van der Waals surface area contributed by atoms with E-state index in [0.29, 0.717) is 6.54 Å². The zero-order valence-electron chi connectivity index (χ0n) is 10.1. The molecule has 6 nitrogen and oxygen atoms in total. The molecule has 0 saturated carbocycles. The third kappa shape index (κ3) is 2.99. The highest BCUT2D eigenvalue weighted by molar-refractivity contribution is 7.86. The highest BCUT2D eigenvalue weighted by Crippen LogP contribution is 2.20. The van der Waals surface area contributed by atoms with Crippen LogP contribution in [0.2, 0.25) is 0 Å². The summed E-state index contributed by atoms with van der Waals surface area (Å²) in [5.74, 6) is 0.140. The van der Waals surface area contributed by atoms with Gasteiger partial charge in [-0.05, 0) is 19.1 Å². The van der Waals surface area contributed by atoms with E-state index in [-0.39, 0.29) is 5.75 Å². The SMILES string of the molecule is C[C@@H](Cn1ncc2ccc(O)cc21)OS(C)(=O)=O. The van der Waals surface area contributed by atoms with Gasteiger partial charge in [-0.15, -0.1) is 0 Å². The van der Waals surface area contributed by atoms with Gasteiger partial charge in [0.25, 0.3) is 10.1 Å². The first-order chi connectivity index (χ1) is 8.35. The molecule has 0 fully saturated rings. The Morgan fingerprint density at radius 2 is 2.22 bits per heavy atom. The Morgan fingerprint density at radius 3 is 2.89 bits per heavy atom. The largest absolute Gasteiger partial charge is 0.508 e. The van der Waals surface area contributed by atoms with Crippen LogP contribution in [-0.4, -0.2) is 35.7 Å². The van der Waals surface area contributed by atoms with Gasteiger partial charge in [-0.2, -0.15) is 13.5 Å². The zero-order valence-corrected chi connectivity index (χ0v) is 10.9. The normalized spacial score (nSPS) is 13.9. The molecule has 1 heterocycles. The first-order valence-electron chi connectivity index (χ1n) is 5.38. The van der Waals surface area contributed by atoms with Gasteiger partial charge >= 0.3 is 0 Å². The Kier molecular flexibility index (Phi) is 3.27. The number of fused-ring (bicyclic) bond motifs is 1. The van der Waals surface area contributed by atoms with Gasteiger partial charge < -0.3 is 5.11 Å². The van der Waals surface area contributed by atoms with Crippen LogP contribution in [0.1, 0.15) is 6.92 Å². The number of rotatable bonds is 4. The first kappa shape index (κ1) is 12.8. The van der Waals surface area contributed by atoms with Crippen LogP contribution in [0.3, 0.4) is 0 Å². The summed E-state index contributed by atoms with van der Waals surface area (Å²) in [6, 6.07) is 4.90. The van der Waals surface area contributed by atoms with Gasteiger partial charge in [-0.25, -0.2) is 0 Å². The molecular formula is C11H14N2O4S. The number of phenols is 1.